The largest absolute Gasteiger partial charge is 0.352 e. The summed E-state index contributed by atoms with van der Waals surface area (Å²) in [6.45, 7) is 4.19. The van der Waals surface area contributed by atoms with Gasteiger partial charge in [0.15, 0.2) is 0 Å². The molecule has 2 heterocycles. The van der Waals surface area contributed by atoms with Crippen molar-refractivity contribution in [2.75, 3.05) is 36.8 Å². The number of nitrogens with zero attached hydrogens (tertiary/aromatic N) is 1. The average Bonchev–Trinajstić information content (AvgIpc) is 3.09. The molecule has 2 N–H and O–H groups in total. The number of benzene rings is 2. The van der Waals surface area contributed by atoms with E-state index in [9.17, 15) is 14.0 Å². The fourth-order valence-electron chi connectivity index (χ4n) is 4.48. The van der Waals surface area contributed by atoms with Crippen LogP contribution in [0.3, 0.4) is 0 Å². The van der Waals surface area contributed by atoms with Crippen LogP contribution in [0, 0.1) is 5.82 Å². The van der Waals surface area contributed by atoms with Crippen LogP contribution in [0.2, 0.25) is 5.02 Å². The molecule has 2 aliphatic heterocycles. The molecule has 0 radical (unpaired) electrons. The molecule has 0 bridgehead atoms. The molecule has 8 heteroatoms. The van der Waals surface area contributed by atoms with E-state index in [4.69, 9.17) is 11.6 Å². The highest BCUT2D eigenvalue weighted by atomic mass is 35.5. The normalized spacial score (nSPS) is 16.9. The van der Waals surface area contributed by atoms with Crippen LogP contribution in [0.25, 0.3) is 0 Å². The van der Waals surface area contributed by atoms with E-state index < -0.39 is 5.82 Å². The lowest BCUT2D eigenvalue weighted by molar-refractivity contribution is -0.899. The molecule has 2 aromatic carbocycles. The van der Waals surface area contributed by atoms with Gasteiger partial charge in [-0.25, -0.2) is 4.39 Å². The van der Waals surface area contributed by atoms with Crippen molar-refractivity contribution < 1.29 is 18.9 Å². The number of amides is 2. The maximum Gasteiger partial charge on any atom is 0.251 e. The molecule has 1 fully saturated rings. The van der Waals surface area contributed by atoms with Gasteiger partial charge in [-0.2, -0.15) is 0 Å². The third-order valence-corrected chi connectivity index (χ3v) is 7.75. The minimum Gasteiger partial charge on any atom is -0.352 e. The number of hydrogen-bond donors (Lipinski definition) is 2. The van der Waals surface area contributed by atoms with Crippen LogP contribution in [-0.4, -0.2) is 43.7 Å². The molecule has 1 saturated heterocycles. The molecule has 2 aromatic rings. The van der Waals surface area contributed by atoms with Gasteiger partial charge >= 0.3 is 0 Å². The van der Waals surface area contributed by atoms with E-state index in [0.29, 0.717) is 17.8 Å². The first-order chi connectivity index (χ1) is 16.0. The zero-order valence-corrected chi connectivity index (χ0v) is 20.2. The molecule has 0 saturated carbocycles. The SMILES string of the molecule is O=C(NCCC[NH+]1CCCCCC1)c1ccc2c(c1)N(Cc1c(F)cccc1Cl)C(=O)CS2. The Morgan fingerprint density at radius 1 is 1.15 bits per heavy atom. The van der Waals surface area contributed by atoms with E-state index in [1.807, 2.05) is 6.07 Å². The van der Waals surface area contributed by atoms with E-state index in [1.165, 1.54) is 61.5 Å². The number of carbonyl (C=O) groups excluding carboxylic acids is 2. The molecule has 2 amide bonds. The minimum absolute atomic E-state index is 0.0293. The summed E-state index contributed by atoms with van der Waals surface area (Å²) in [6.07, 6.45) is 6.20. The summed E-state index contributed by atoms with van der Waals surface area (Å²) in [4.78, 5) is 29.5. The highest BCUT2D eigenvalue weighted by Crippen LogP contribution is 2.37. The third-order valence-electron chi connectivity index (χ3n) is 6.35. The second-order valence-electron chi connectivity index (χ2n) is 8.67. The molecule has 0 aliphatic carbocycles. The summed E-state index contributed by atoms with van der Waals surface area (Å²) < 4.78 is 14.4. The maximum atomic E-state index is 14.4. The minimum atomic E-state index is -0.449. The van der Waals surface area contributed by atoms with Gasteiger partial charge < -0.3 is 15.1 Å². The first-order valence-corrected chi connectivity index (χ1v) is 13.0. The van der Waals surface area contributed by atoms with Gasteiger partial charge in [-0.15, -0.1) is 11.8 Å². The molecule has 5 nitrogen and oxygen atoms in total. The molecule has 33 heavy (non-hydrogen) atoms. The van der Waals surface area contributed by atoms with Crippen molar-refractivity contribution >= 4 is 40.9 Å². The van der Waals surface area contributed by atoms with E-state index >= 15 is 0 Å². The van der Waals surface area contributed by atoms with Crippen LogP contribution in [0.4, 0.5) is 10.1 Å². The van der Waals surface area contributed by atoms with Crippen LogP contribution in [0.1, 0.15) is 48.0 Å². The molecule has 0 unspecified atom stereocenters. The van der Waals surface area contributed by atoms with Crippen molar-refractivity contribution in [3.8, 4) is 0 Å². The lowest BCUT2D eigenvalue weighted by Gasteiger charge is -2.30. The molecule has 2 aliphatic rings. The van der Waals surface area contributed by atoms with Gasteiger partial charge in [0, 0.05) is 34.0 Å². The number of nitrogens with one attached hydrogen (secondary N) is 2. The van der Waals surface area contributed by atoms with Gasteiger partial charge in [0.1, 0.15) is 5.82 Å². The predicted octanol–water partition coefficient (Wildman–Crippen LogP) is 3.70. The highest BCUT2D eigenvalue weighted by molar-refractivity contribution is 8.00. The summed E-state index contributed by atoms with van der Waals surface area (Å²) in [6, 6.07) is 9.86. The summed E-state index contributed by atoms with van der Waals surface area (Å²) in [5.41, 5.74) is 1.39. The Balaban J connectivity index is 1.41. The number of fused-ring (bicyclic) bond motifs is 1. The predicted molar refractivity (Wildman–Crippen MR) is 131 cm³/mol. The van der Waals surface area contributed by atoms with Crippen molar-refractivity contribution in [1.82, 2.24) is 5.32 Å². The first kappa shape index (κ1) is 24.0. The summed E-state index contributed by atoms with van der Waals surface area (Å²) >= 11 is 7.62. The fraction of sp³-hybridized carbons (Fsp3) is 0.440. The van der Waals surface area contributed by atoms with E-state index in [-0.39, 0.29) is 34.7 Å². The van der Waals surface area contributed by atoms with Gasteiger partial charge in [-0.3, -0.25) is 9.59 Å². The number of halogens is 2. The second-order valence-corrected chi connectivity index (χ2v) is 10.1. The molecule has 0 spiro atoms. The molecule has 4 rings (SSSR count). The van der Waals surface area contributed by atoms with Crippen LogP contribution >= 0.6 is 23.4 Å². The highest BCUT2D eigenvalue weighted by Gasteiger charge is 2.27. The van der Waals surface area contributed by atoms with Crippen molar-refractivity contribution in [2.45, 2.75) is 43.5 Å². The standard InChI is InChI=1S/C25H29ClFN3O2S/c26-20-7-5-8-21(27)19(20)16-30-22-15-18(9-10-23(22)33-17-24(30)31)25(32)28-11-6-14-29-12-3-1-2-4-13-29/h5,7-10,15H,1-4,6,11-14,16-17H2,(H,28,32)/p+1. The van der Waals surface area contributed by atoms with E-state index in [1.54, 1.807) is 29.2 Å². The van der Waals surface area contributed by atoms with Gasteiger partial charge in [0.05, 0.1) is 37.6 Å². The smallest absolute Gasteiger partial charge is 0.251 e. The Labute approximate surface area is 203 Å². The monoisotopic (exact) mass is 490 g/mol. The van der Waals surface area contributed by atoms with Gasteiger partial charge in [0.25, 0.3) is 5.91 Å². The zero-order chi connectivity index (χ0) is 23.2. The van der Waals surface area contributed by atoms with E-state index in [0.717, 1.165) is 17.9 Å². The topological polar surface area (TPSA) is 53.9 Å². The molecular formula is C25H30ClFN3O2S+. The fourth-order valence-corrected chi connectivity index (χ4v) is 5.62. The van der Waals surface area contributed by atoms with E-state index in [2.05, 4.69) is 5.32 Å². The Hall–Kier alpha value is -2.09. The Morgan fingerprint density at radius 3 is 2.70 bits per heavy atom. The third kappa shape index (κ3) is 6.08. The zero-order valence-electron chi connectivity index (χ0n) is 18.7. The van der Waals surface area contributed by atoms with Crippen molar-refractivity contribution in [1.29, 1.82) is 0 Å². The number of likely N-dealkylation sites (tertiary alicyclic amines) is 1. The van der Waals surface area contributed by atoms with Crippen LogP contribution < -0.4 is 15.1 Å². The lowest BCUT2D eigenvalue weighted by atomic mass is 10.1. The number of rotatable bonds is 7. The van der Waals surface area contributed by atoms with Crippen LogP contribution in [0.15, 0.2) is 41.3 Å². The summed E-state index contributed by atoms with van der Waals surface area (Å²) in [5, 5.41) is 3.29. The molecule has 176 valence electrons. The lowest BCUT2D eigenvalue weighted by Crippen LogP contribution is -3.11. The second kappa shape index (κ2) is 11.4. The van der Waals surface area contributed by atoms with Gasteiger partial charge in [-0.1, -0.05) is 17.7 Å². The van der Waals surface area contributed by atoms with Crippen LogP contribution in [0.5, 0.6) is 0 Å². The number of carbonyl (C=O) groups is 2. The summed E-state index contributed by atoms with van der Waals surface area (Å²) in [5.74, 6) is -0.473. The first-order valence-electron chi connectivity index (χ1n) is 11.6. The van der Waals surface area contributed by atoms with Crippen molar-refractivity contribution in [3.05, 3.63) is 58.4 Å². The quantitative estimate of drug-likeness (QED) is 0.582. The number of anilines is 1. The van der Waals surface area contributed by atoms with Gasteiger partial charge in [0.2, 0.25) is 5.91 Å². The Kier molecular flexibility index (Phi) is 8.28. The van der Waals surface area contributed by atoms with Crippen molar-refractivity contribution in [3.63, 3.8) is 0 Å². The molecule has 0 atom stereocenters. The maximum absolute atomic E-state index is 14.4. The Bertz CT molecular complexity index is 991. The average molecular weight is 491 g/mol. The number of hydrogen-bond acceptors (Lipinski definition) is 3. The Morgan fingerprint density at radius 2 is 1.94 bits per heavy atom. The summed E-state index contributed by atoms with van der Waals surface area (Å²) in [7, 11) is 0. The van der Waals surface area contributed by atoms with Gasteiger partial charge in [-0.05, 0) is 56.0 Å². The van der Waals surface area contributed by atoms with Crippen molar-refractivity contribution in [2.24, 2.45) is 0 Å². The number of quaternary nitrogens is 1. The molecule has 0 aromatic heterocycles. The number of thioether (sulfide) groups is 1. The molecular weight excluding hydrogens is 461 g/mol. The van der Waals surface area contributed by atoms with Crippen LogP contribution in [-0.2, 0) is 11.3 Å².